The molecule has 0 saturated carbocycles. The maximum atomic E-state index is 11.6. The highest BCUT2D eigenvalue weighted by Gasteiger charge is 2.30. The van der Waals surface area contributed by atoms with Gasteiger partial charge in [0.25, 0.3) is 0 Å². The molecule has 4 rings (SSSR count). The number of benzene rings is 2. The van der Waals surface area contributed by atoms with Crippen LogP contribution in [0.2, 0.25) is 0 Å². The largest absolute Gasteiger partial charge is 0.466 e. The second-order valence-electron chi connectivity index (χ2n) is 8.09. The van der Waals surface area contributed by atoms with E-state index in [9.17, 15) is 4.79 Å². The molecule has 4 heteroatoms. The molecule has 0 N–H and O–H groups in total. The van der Waals surface area contributed by atoms with Crippen molar-refractivity contribution in [2.75, 3.05) is 39.3 Å². The third-order valence-electron chi connectivity index (χ3n) is 6.30. The monoisotopic (exact) mass is 392 g/mol. The minimum absolute atomic E-state index is 0.0715. The number of hydrogen-bond donors (Lipinski definition) is 0. The molecule has 0 radical (unpaired) electrons. The first-order chi connectivity index (χ1) is 14.3. The van der Waals surface area contributed by atoms with E-state index in [1.807, 2.05) is 6.92 Å². The number of carbonyl (C=O) groups excluding carboxylic acids is 1. The van der Waals surface area contributed by atoms with E-state index in [0.29, 0.717) is 19.1 Å². The second kappa shape index (κ2) is 9.55. The van der Waals surface area contributed by atoms with Crippen LogP contribution in [0.3, 0.4) is 0 Å². The molecule has 2 aromatic rings. The summed E-state index contributed by atoms with van der Waals surface area (Å²) in [5, 5.41) is 0. The number of esters is 1. The minimum atomic E-state index is -0.0715. The van der Waals surface area contributed by atoms with Gasteiger partial charge in [-0.05, 0) is 55.0 Å². The molecule has 4 nitrogen and oxygen atoms in total. The molecule has 2 aromatic carbocycles. The van der Waals surface area contributed by atoms with Crippen LogP contribution in [0.15, 0.2) is 48.5 Å². The fourth-order valence-corrected chi connectivity index (χ4v) is 4.81. The first-order valence-electron chi connectivity index (χ1n) is 11.0. The average molecular weight is 393 g/mol. The van der Waals surface area contributed by atoms with Crippen LogP contribution in [0.1, 0.15) is 48.1 Å². The van der Waals surface area contributed by atoms with E-state index in [1.54, 1.807) is 0 Å². The average Bonchev–Trinajstić information content (AvgIpc) is 2.92. The van der Waals surface area contributed by atoms with E-state index in [1.165, 1.54) is 22.3 Å². The van der Waals surface area contributed by atoms with E-state index >= 15 is 0 Å². The molecule has 29 heavy (non-hydrogen) atoms. The Morgan fingerprint density at radius 1 is 0.931 bits per heavy atom. The van der Waals surface area contributed by atoms with Crippen LogP contribution in [0.5, 0.6) is 0 Å². The van der Waals surface area contributed by atoms with E-state index in [2.05, 4.69) is 58.3 Å². The van der Waals surface area contributed by atoms with Gasteiger partial charge in [-0.25, -0.2) is 0 Å². The minimum Gasteiger partial charge on any atom is -0.466 e. The molecule has 0 atom stereocenters. The number of hydrogen-bond acceptors (Lipinski definition) is 4. The first kappa shape index (κ1) is 20.1. The molecule has 0 bridgehead atoms. The molecule has 1 aliphatic carbocycles. The van der Waals surface area contributed by atoms with Gasteiger partial charge in [-0.3, -0.25) is 9.69 Å². The number of fused-ring (bicyclic) bond motifs is 2. The first-order valence-corrected chi connectivity index (χ1v) is 11.0. The summed E-state index contributed by atoms with van der Waals surface area (Å²) >= 11 is 0. The van der Waals surface area contributed by atoms with Gasteiger partial charge in [0.15, 0.2) is 0 Å². The summed E-state index contributed by atoms with van der Waals surface area (Å²) in [4.78, 5) is 16.7. The molecule has 0 unspecified atom stereocenters. The standard InChI is InChI=1S/C25H32N2O2/c1-2-29-24(28)12-7-15-26-16-18-27(19-17-26)25-22-10-5-3-8-20(22)13-14-21-9-4-6-11-23(21)25/h3-6,8-11,25H,2,7,12-19H2,1H3. The van der Waals surface area contributed by atoms with Crippen molar-refractivity contribution in [1.82, 2.24) is 9.80 Å². The molecule has 1 aliphatic heterocycles. The fraction of sp³-hybridized carbons (Fsp3) is 0.480. The maximum Gasteiger partial charge on any atom is 0.305 e. The van der Waals surface area contributed by atoms with Crippen LogP contribution >= 0.6 is 0 Å². The van der Waals surface area contributed by atoms with E-state index in [4.69, 9.17) is 4.74 Å². The normalized spacial score (nSPS) is 18.0. The van der Waals surface area contributed by atoms with Gasteiger partial charge in [0.1, 0.15) is 0 Å². The highest BCUT2D eigenvalue weighted by Crippen LogP contribution is 2.37. The van der Waals surface area contributed by atoms with Crippen LogP contribution < -0.4 is 0 Å². The number of nitrogens with zero attached hydrogens (tertiary/aromatic N) is 2. The fourth-order valence-electron chi connectivity index (χ4n) is 4.81. The van der Waals surface area contributed by atoms with Gasteiger partial charge in [0.2, 0.25) is 0 Å². The number of ether oxygens (including phenoxy) is 1. The summed E-state index contributed by atoms with van der Waals surface area (Å²) in [6.07, 6.45) is 3.65. The van der Waals surface area contributed by atoms with Gasteiger partial charge in [-0.15, -0.1) is 0 Å². The molecular formula is C25H32N2O2. The molecule has 2 aliphatic rings. The van der Waals surface area contributed by atoms with Gasteiger partial charge >= 0.3 is 5.97 Å². The van der Waals surface area contributed by atoms with Crippen LogP contribution in [0, 0.1) is 0 Å². The second-order valence-corrected chi connectivity index (χ2v) is 8.09. The van der Waals surface area contributed by atoms with Gasteiger partial charge in [0, 0.05) is 32.6 Å². The lowest BCUT2D eigenvalue weighted by Crippen LogP contribution is -2.48. The lowest BCUT2D eigenvalue weighted by atomic mass is 9.92. The zero-order chi connectivity index (χ0) is 20.1. The predicted octanol–water partition coefficient (Wildman–Crippen LogP) is 3.84. The van der Waals surface area contributed by atoms with E-state index in [-0.39, 0.29) is 5.97 Å². The Morgan fingerprint density at radius 2 is 1.52 bits per heavy atom. The highest BCUT2D eigenvalue weighted by molar-refractivity contribution is 5.69. The SMILES string of the molecule is CCOC(=O)CCCN1CCN(C2c3ccccc3CCc3ccccc32)CC1. The molecular weight excluding hydrogens is 360 g/mol. The Morgan fingerprint density at radius 3 is 2.10 bits per heavy atom. The molecule has 0 spiro atoms. The number of piperazine rings is 1. The lowest BCUT2D eigenvalue weighted by Gasteiger charge is -2.40. The van der Waals surface area contributed by atoms with E-state index < -0.39 is 0 Å². The highest BCUT2D eigenvalue weighted by atomic mass is 16.5. The Balaban J connectivity index is 1.44. The Kier molecular flexibility index (Phi) is 6.63. The van der Waals surface area contributed by atoms with Crippen molar-refractivity contribution in [3.8, 4) is 0 Å². The maximum absolute atomic E-state index is 11.6. The lowest BCUT2D eigenvalue weighted by molar-refractivity contribution is -0.143. The zero-order valence-corrected chi connectivity index (χ0v) is 17.5. The van der Waals surface area contributed by atoms with Crippen molar-refractivity contribution in [2.45, 2.75) is 38.6 Å². The smallest absolute Gasteiger partial charge is 0.305 e. The Bertz CT molecular complexity index is 780. The van der Waals surface area contributed by atoms with Crippen molar-refractivity contribution in [3.63, 3.8) is 0 Å². The summed E-state index contributed by atoms with van der Waals surface area (Å²) < 4.78 is 5.04. The van der Waals surface area contributed by atoms with Crippen LogP contribution in [0.4, 0.5) is 0 Å². The molecule has 1 fully saturated rings. The van der Waals surface area contributed by atoms with Crippen LogP contribution in [-0.2, 0) is 22.4 Å². The number of carbonyl (C=O) groups is 1. The van der Waals surface area contributed by atoms with Gasteiger partial charge in [-0.1, -0.05) is 48.5 Å². The Hall–Kier alpha value is -2.17. The topological polar surface area (TPSA) is 32.8 Å². The summed E-state index contributed by atoms with van der Waals surface area (Å²) in [6.45, 7) is 7.56. The summed E-state index contributed by atoms with van der Waals surface area (Å²) in [5.74, 6) is -0.0715. The summed E-state index contributed by atoms with van der Waals surface area (Å²) in [7, 11) is 0. The third-order valence-corrected chi connectivity index (χ3v) is 6.30. The molecule has 0 aromatic heterocycles. The third kappa shape index (κ3) is 4.71. The molecule has 1 saturated heterocycles. The van der Waals surface area contributed by atoms with Crippen molar-refractivity contribution >= 4 is 5.97 Å². The van der Waals surface area contributed by atoms with E-state index in [0.717, 1.165) is 52.0 Å². The molecule has 154 valence electrons. The molecule has 0 amide bonds. The van der Waals surface area contributed by atoms with Crippen LogP contribution in [-0.4, -0.2) is 55.1 Å². The van der Waals surface area contributed by atoms with Crippen molar-refractivity contribution in [3.05, 3.63) is 70.8 Å². The van der Waals surface area contributed by atoms with Crippen molar-refractivity contribution in [1.29, 1.82) is 0 Å². The molecule has 1 heterocycles. The summed E-state index contributed by atoms with van der Waals surface area (Å²) in [5.41, 5.74) is 5.94. The quantitative estimate of drug-likeness (QED) is 0.700. The zero-order valence-electron chi connectivity index (χ0n) is 17.5. The van der Waals surface area contributed by atoms with Gasteiger partial charge in [0.05, 0.1) is 12.6 Å². The van der Waals surface area contributed by atoms with Gasteiger partial charge in [-0.2, -0.15) is 0 Å². The van der Waals surface area contributed by atoms with Crippen molar-refractivity contribution < 1.29 is 9.53 Å². The van der Waals surface area contributed by atoms with Crippen LogP contribution in [0.25, 0.3) is 0 Å². The van der Waals surface area contributed by atoms with Crippen molar-refractivity contribution in [2.24, 2.45) is 0 Å². The number of aryl methyl sites for hydroxylation is 2. The summed E-state index contributed by atoms with van der Waals surface area (Å²) in [6, 6.07) is 18.3. The van der Waals surface area contributed by atoms with Gasteiger partial charge < -0.3 is 9.64 Å². The predicted molar refractivity (Wildman–Crippen MR) is 116 cm³/mol. The number of rotatable bonds is 6. The Labute approximate surface area is 174 Å².